The maximum atomic E-state index is 6.26. The van der Waals surface area contributed by atoms with Crippen LogP contribution in [0.4, 0.5) is 17.5 Å². The summed E-state index contributed by atoms with van der Waals surface area (Å²) in [6, 6.07) is 8.31. The van der Waals surface area contributed by atoms with E-state index in [0.717, 1.165) is 24.6 Å². The smallest absolute Gasteiger partial charge is 0.224 e. The molecular formula is C15H19ClN4. The second kappa shape index (κ2) is 6.57. The molecule has 1 aromatic heterocycles. The lowest BCUT2D eigenvalue weighted by Crippen LogP contribution is -2.19. The van der Waals surface area contributed by atoms with Gasteiger partial charge in [0.05, 0.1) is 6.20 Å². The van der Waals surface area contributed by atoms with Gasteiger partial charge < -0.3 is 10.2 Å². The molecule has 1 aromatic carbocycles. The first-order valence-corrected chi connectivity index (χ1v) is 7.14. The van der Waals surface area contributed by atoms with E-state index in [0.29, 0.717) is 11.0 Å². The molecule has 1 heterocycles. The molecule has 0 fully saturated rings. The highest BCUT2D eigenvalue weighted by Crippen LogP contribution is 2.30. The zero-order valence-electron chi connectivity index (χ0n) is 12.0. The van der Waals surface area contributed by atoms with E-state index in [1.807, 2.05) is 6.92 Å². The molecule has 0 atom stereocenters. The molecule has 0 unspecified atom stereocenters. The van der Waals surface area contributed by atoms with Crippen molar-refractivity contribution in [2.75, 3.05) is 23.3 Å². The van der Waals surface area contributed by atoms with Gasteiger partial charge in [-0.2, -0.15) is 4.98 Å². The standard InChI is InChI=1S/C15H19ClN4/c1-4-17-15-18-10-13(16)14(19-15)20(5-2)12-8-6-11(3)7-9-12/h6-10H,4-5H2,1-3H3,(H,17,18,19). The molecule has 0 aliphatic carbocycles. The van der Waals surface area contributed by atoms with Gasteiger partial charge in [0.25, 0.3) is 0 Å². The van der Waals surface area contributed by atoms with Gasteiger partial charge in [0.2, 0.25) is 5.95 Å². The van der Waals surface area contributed by atoms with Gasteiger partial charge in [0.15, 0.2) is 5.82 Å². The van der Waals surface area contributed by atoms with E-state index in [4.69, 9.17) is 11.6 Å². The Kier molecular flexibility index (Phi) is 4.79. The van der Waals surface area contributed by atoms with Crippen LogP contribution in [0.3, 0.4) is 0 Å². The monoisotopic (exact) mass is 290 g/mol. The van der Waals surface area contributed by atoms with Gasteiger partial charge in [-0.05, 0) is 32.9 Å². The van der Waals surface area contributed by atoms with Crippen molar-refractivity contribution in [2.45, 2.75) is 20.8 Å². The fourth-order valence-electron chi connectivity index (χ4n) is 1.97. The number of hydrogen-bond acceptors (Lipinski definition) is 4. The molecule has 0 bridgehead atoms. The average molecular weight is 291 g/mol. The number of nitrogens with one attached hydrogen (secondary N) is 1. The van der Waals surface area contributed by atoms with Gasteiger partial charge in [0.1, 0.15) is 5.02 Å². The Morgan fingerprint density at radius 2 is 1.90 bits per heavy atom. The number of halogens is 1. The summed E-state index contributed by atoms with van der Waals surface area (Å²) >= 11 is 6.26. The maximum Gasteiger partial charge on any atom is 0.224 e. The predicted molar refractivity (Wildman–Crippen MR) is 85.1 cm³/mol. The van der Waals surface area contributed by atoms with Crippen molar-refractivity contribution in [3.63, 3.8) is 0 Å². The molecule has 0 saturated heterocycles. The lowest BCUT2D eigenvalue weighted by atomic mass is 10.2. The van der Waals surface area contributed by atoms with Crippen LogP contribution in [-0.2, 0) is 0 Å². The van der Waals surface area contributed by atoms with Gasteiger partial charge in [-0.1, -0.05) is 29.3 Å². The predicted octanol–water partition coefficient (Wildman–Crippen LogP) is 4.03. The molecule has 0 aliphatic rings. The normalized spacial score (nSPS) is 10.4. The van der Waals surface area contributed by atoms with Crippen LogP contribution < -0.4 is 10.2 Å². The van der Waals surface area contributed by atoms with E-state index in [1.165, 1.54) is 5.56 Å². The average Bonchev–Trinajstić information content (AvgIpc) is 2.45. The second-order valence-electron chi connectivity index (χ2n) is 4.48. The first kappa shape index (κ1) is 14.6. The minimum absolute atomic E-state index is 0.550. The van der Waals surface area contributed by atoms with Crippen LogP contribution in [0.5, 0.6) is 0 Å². The fraction of sp³-hybridized carbons (Fsp3) is 0.333. The number of aryl methyl sites for hydroxylation is 1. The zero-order valence-corrected chi connectivity index (χ0v) is 12.8. The van der Waals surface area contributed by atoms with E-state index in [-0.39, 0.29) is 0 Å². The first-order valence-electron chi connectivity index (χ1n) is 6.76. The van der Waals surface area contributed by atoms with E-state index < -0.39 is 0 Å². The molecule has 2 rings (SSSR count). The second-order valence-corrected chi connectivity index (χ2v) is 4.88. The Morgan fingerprint density at radius 3 is 2.50 bits per heavy atom. The Labute approximate surface area is 124 Å². The van der Waals surface area contributed by atoms with Crippen LogP contribution in [0.15, 0.2) is 30.5 Å². The SMILES string of the molecule is CCNc1ncc(Cl)c(N(CC)c2ccc(C)cc2)n1. The first-order chi connectivity index (χ1) is 9.65. The number of hydrogen-bond donors (Lipinski definition) is 1. The molecular weight excluding hydrogens is 272 g/mol. The van der Waals surface area contributed by atoms with E-state index in [1.54, 1.807) is 6.20 Å². The summed E-state index contributed by atoms with van der Waals surface area (Å²) in [7, 11) is 0. The quantitative estimate of drug-likeness (QED) is 0.903. The molecule has 0 aliphatic heterocycles. The van der Waals surface area contributed by atoms with Gasteiger partial charge in [0, 0.05) is 18.8 Å². The number of rotatable bonds is 5. The molecule has 0 radical (unpaired) electrons. The summed E-state index contributed by atoms with van der Waals surface area (Å²) in [4.78, 5) is 10.7. The maximum absolute atomic E-state index is 6.26. The molecule has 106 valence electrons. The van der Waals surface area contributed by atoms with Crippen LogP contribution >= 0.6 is 11.6 Å². The highest BCUT2D eigenvalue weighted by molar-refractivity contribution is 6.33. The van der Waals surface area contributed by atoms with Crippen LogP contribution in [0.1, 0.15) is 19.4 Å². The summed E-state index contributed by atoms with van der Waals surface area (Å²) in [6.07, 6.45) is 1.64. The summed E-state index contributed by atoms with van der Waals surface area (Å²) in [5, 5.41) is 3.66. The Hall–Kier alpha value is -1.81. The highest BCUT2D eigenvalue weighted by Gasteiger charge is 2.14. The van der Waals surface area contributed by atoms with E-state index in [9.17, 15) is 0 Å². The molecule has 4 nitrogen and oxygen atoms in total. The van der Waals surface area contributed by atoms with Crippen molar-refractivity contribution in [2.24, 2.45) is 0 Å². The van der Waals surface area contributed by atoms with Crippen molar-refractivity contribution in [1.82, 2.24) is 9.97 Å². The van der Waals surface area contributed by atoms with Crippen molar-refractivity contribution in [1.29, 1.82) is 0 Å². The number of benzene rings is 1. The topological polar surface area (TPSA) is 41.1 Å². The summed E-state index contributed by atoms with van der Waals surface area (Å²) in [5.41, 5.74) is 2.30. The van der Waals surface area contributed by atoms with Crippen molar-refractivity contribution < 1.29 is 0 Å². The largest absolute Gasteiger partial charge is 0.354 e. The van der Waals surface area contributed by atoms with Crippen LogP contribution in [0.2, 0.25) is 5.02 Å². The molecule has 0 saturated carbocycles. The third-order valence-electron chi connectivity index (χ3n) is 2.98. The molecule has 2 aromatic rings. The molecule has 0 amide bonds. The fourth-order valence-corrected chi connectivity index (χ4v) is 2.16. The van der Waals surface area contributed by atoms with Crippen molar-refractivity contribution in [3.05, 3.63) is 41.0 Å². The zero-order chi connectivity index (χ0) is 14.5. The minimum atomic E-state index is 0.550. The van der Waals surface area contributed by atoms with Crippen molar-refractivity contribution >= 4 is 29.1 Å². The third-order valence-corrected chi connectivity index (χ3v) is 3.24. The number of anilines is 3. The third kappa shape index (κ3) is 3.20. The molecule has 0 spiro atoms. The minimum Gasteiger partial charge on any atom is -0.354 e. The highest BCUT2D eigenvalue weighted by atomic mass is 35.5. The van der Waals surface area contributed by atoms with Crippen LogP contribution in [0.25, 0.3) is 0 Å². The molecule has 1 N–H and O–H groups in total. The van der Waals surface area contributed by atoms with Crippen molar-refractivity contribution in [3.8, 4) is 0 Å². The van der Waals surface area contributed by atoms with Crippen LogP contribution in [0, 0.1) is 6.92 Å². The lowest BCUT2D eigenvalue weighted by molar-refractivity contribution is 0.970. The summed E-state index contributed by atoms with van der Waals surface area (Å²) < 4.78 is 0. The van der Waals surface area contributed by atoms with E-state index >= 15 is 0 Å². The van der Waals surface area contributed by atoms with Crippen LogP contribution in [-0.4, -0.2) is 23.1 Å². The molecule has 5 heteroatoms. The Morgan fingerprint density at radius 1 is 1.20 bits per heavy atom. The van der Waals surface area contributed by atoms with Gasteiger partial charge in [-0.3, -0.25) is 0 Å². The summed E-state index contributed by atoms with van der Waals surface area (Å²) in [5.74, 6) is 1.32. The Balaban J connectivity index is 2.40. The Bertz CT molecular complexity index is 569. The van der Waals surface area contributed by atoms with Gasteiger partial charge in [-0.25, -0.2) is 4.98 Å². The number of nitrogens with zero attached hydrogens (tertiary/aromatic N) is 3. The molecule has 20 heavy (non-hydrogen) atoms. The van der Waals surface area contributed by atoms with E-state index in [2.05, 4.69) is 58.3 Å². The summed E-state index contributed by atoms with van der Waals surface area (Å²) in [6.45, 7) is 7.71. The lowest BCUT2D eigenvalue weighted by Gasteiger charge is -2.23. The van der Waals surface area contributed by atoms with Gasteiger partial charge >= 0.3 is 0 Å². The number of aromatic nitrogens is 2. The van der Waals surface area contributed by atoms with Gasteiger partial charge in [-0.15, -0.1) is 0 Å².